The van der Waals surface area contributed by atoms with Crippen LogP contribution < -0.4 is 0 Å². The third kappa shape index (κ3) is 2.45. The molecule has 1 amide bonds. The van der Waals surface area contributed by atoms with Crippen molar-refractivity contribution in [3.8, 4) is 0 Å². The Labute approximate surface area is 120 Å². The highest BCUT2D eigenvalue weighted by atomic mass is 16.4. The average molecular weight is 279 g/mol. The third-order valence-electron chi connectivity index (χ3n) is 5.68. The minimum Gasteiger partial charge on any atom is -0.481 e. The van der Waals surface area contributed by atoms with Crippen LogP contribution in [-0.2, 0) is 9.59 Å². The lowest BCUT2D eigenvalue weighted by atomic mass is 9.92. The van der Waals surface area contributed by atoms with Gasteiger partial charge >= 0.3 is 5.97 Å². The third-order valence-corrected chi connectivity index (χ3v) is 5.68. The van der Waals surface area contributed by atoms with Crippen molar-refractivity contribution in [2.24, 2.45) is 17.8 Å². The van der Waals surface area contributed by atoms with E-state index in [-0.39, 0.29) is 11.8 Å². The van der Waals surface area contributed by atoms with Crippen molar-refractivity contribution in [2.75, 3.05) is 6.54 Å². The summed E-state index contributed by atoms with van der Waals surface area (Å²) in [6.07, 6.45) is 9.64. The van der Waals surface area contributed by atoms with Gasteiger partial charge < -0.3 is 10.0 Å². The van der Waals surface area contributed by atoms with E-state index in [1.807, 2.05) is 0 Å². The van der Waals surface area contributed by atoms with Gasteiger partial charge in [0.05, 0.1) is 11.8 Å². The smallest absolute Gasteiger partial charge is 0.307 e. The van der Waals surface area contributed by atoms with Gasteiger partial charge in [0.2, 0.25) is 5.91 Å². The van der Waals surface area contributed by atoms with E-state index in [1.54, 1.807) is 0 Å². The molecule has 1 N–H and O–H groups in total. The first-order chi connectivity index (χ1) is 9.68. The number of carbonyl (C=O) groups excluding carboxylic acids is 1. The number of nitrogens with zero attached hydrogens (tertiary/aromatic N) is 1. The molecule has 3 aliphatic rings. The number of carboxylic acids is 1. The van der Waals surface area contributed by atoms with Gasteiger partial charge in [0, 0.05) is 12.6 Å². The lowest BCUT2D eigenvalue weighted by Crippen LogP contribution is -2.44. The van der Waals surface area contributed by atoms with Gasteiger partial charge in [-0.25, -0.2) is 0 Å². The predicted octanol–water partition coefficient (Wildman–Crippen LogP) is 2.67. The highest BCUT2D eigenvalue weighted by Gasteiger charge is 2.44. The molecule has 0 aromatic heterocycles. The van der Waals surface area contributed by atoms with Crippen LogP contribution in [-0.4, -0.2) is 34.5 Å². The van der Waals surface area contributed by atoms with Crippen LogP contribution >= 0.6 is 0 Å². The highest BCUT2D eigenvalue weighted by Crippen LogP contribution is 2.39. The Hall–Kier alpha value is -1.06. The summed E-state index contributed by atoms with van der Waals surface area (Å²) in [5.41, 5.74) is 0. The summed E-state index contributed by atoms with van der Waals surface area (Å²) >= 11 is 0. The number of aliphatic carboxylic acids is 1. The molecule has 1 aliphatic heterocycles. The van der Waals surface area contributed by atoms with Gasteiger partial charge in [0.1, 0.15) is 0 Å². The molecule has 3 rings (SSSR count). The first-order valence-electron chi connectivity index (χ1n) is 8.22. The zero-order chi connectivity index (χ0) is 14.1. The van der Waals surface area contributed by atoms with Crippen molar-refractivity contribution in [1.82, 2.24) is 4.90 Å². The molecular formula is C16H25NO3. The van der Waals surface area contributed by atoms with Crippen molar-refractivity contribution in [1.29, 1.82) is 0 Å². The van der Waals surface area contributed by atoms with Gasteiger partial charge in [-0.3, -0.25) is 9.59 Å². The number of hydrogen-bond donors (Lipinski definition) is 1. The maximum absolute atomic E-state index is 12.8. The maximum Gasteiger partial charge on any atom is 0.307 e. The van der Waals surface area contributed by atoms with E-state index in [2.05, 4.69) is 4.90 Å². The molecule has 112 valence electrons. The van der Waals surface area contributed by atoms with Crippen LogP contribution in [0.5, 0.6) is 0 Å². The molecule has 2 aliphatic carbocycles. The Morgan fingerprint density at radius 2 is 1.55 bits per heavy atom. The molecular weight excluding hydrogens is 254 g/mol. The van der Waals surface area contributed by atoms with Crippen LogP contribution in [0.25, 0.3) is 0 Å². The highest BCUT2D eigenvalue weighted by molar-refractivity contribution is 5.85. The molecule has 0 aromatic carbocycles. The molecule has 3 atom stereocenters. The summed E-state index contributed by atoms with van der Waals surface area (Å²) in [6, 6.07) is 0.403. The standard InChI is InChI=1S/C16H25NO3/c18-15(12-7-3-8-13(12)16(19)20)17-10-4-9-14(17)11-5-1-2-6-11/h11-14H,1-10H2,(H,19,20)/t12-,13+,14?/m1/s1. The second-order valence-corrected chi connectivity index (χ2v) is 6.77. The number of likely N-dealkylation sites (tertiary alicyclic amines) is 1. The molecule has 0 spiro atoms. The Morgan fingerprint density at radius 3 is 2.25 bits per heavy atom. The summed E-state index contributed by atoms with van der Waals surface area (Å²) in [5, 5.41) is 9.28. The normalized spacial score (nSPS) is 34.8. The van der Waals surface area contributed by atoms with Crippen LogP contribution in [0.15, 0.2) is 0 Å². The predicted molar refractivity (Wildman–Crippen MR) is 75.2 cm³/mol. The monoisotopic (exact) mass is 279 g/mol. The summed E-state index contributed by atoms with van der Waals surface area (Å²) in [4.78, 5) is 26.1. The van der Waals surface area contributed by atoms with Gasteiger partial charge in [-0.2, -0.15) is 0 Å². The Bertz CT molecular complexity index is 389. The molecule has 1 unspecified atom stereocenters. The number of amides is 1. The minimum absolute atomic E-state index is 0.143. The molecule has 4 heteroatoms. The fourth-order valence-electron chi connectivity index (χ4n) is 4.66. The second-order valence-electron chi connectivity index (χ2n) is 6.77. The molecule has 0 radical (unpaired) electrons. The molecule has 4 nitrogen and oxygen atoms in total. The van der Waals surface area contributed by atoms with Crippen molar-refractivity contribution in [3.05, 3.63) is 0 Å². The van der Waals surface area contributed by atoms with Crippen LogP contribution in [0.4, 0.5) is 0 Å². The Kier molecular flexibility index (Phi) is 3.99. The number of rotatable bonds is 3. The molecule has 20 heavy (non-hydrogen) atoms. The van der Waals surface area contributed by atoms with Gasteiger partial charge in [0.15, 0.2) is 0 Å². The summed E-state index contributed by atoms with van der Waals surface area (Å²) in [7, 11) is 0. The fourth-order valence-corrected chi connectivity index (χ4v) is 4.66. The first-order valence-corrected chi connectivity index (χ1v) is 8.22. The maximum atomic E-state index is 12.8. The van der Waals surface area contributed by atoms with Crippen molar-refractivity contribution in [3.63, 3.8) is 0 Å². The zero-order valence-electron chi connectivity index (χ0n) is 12.1. The zero-order valence-corrected chi connectivity index (χ0v) is 12.1. The van der Waals surface area contributed by atoms with Gasteiger partial charge in [-0.1, -0.05) is 19.3 Å². The molecule has 0 bridgehead atoms. The Balaban J connectivity index is 1.70. The fraction of sp³-hybridized carbons (Fsp3) is 0.875. The van der Waals surface area contributed by atoms with E-state index < -0.39 is 11.9 Å². The average Bonchev–Trinajstić information content (AvgIpc) is 3.17. The van der Waals surface area contributed by atoms with E-state index in [0.29, 0.717) is 18.4 Å². The molecule has 3 fully saturated rings. The molecule has 2 saturated carbocycles. The first kappa shape index (κ1) is 13.9. The van der Waals surface area contributed by atoms with Gasteiger partial charge in [-0.05, 0) is 44.4 Å². The number of carbonyl (C=O) groups is 2. The van der Waals surface area contributed by atoms with Crippen molar-refractivity contribution >= 4 is 11.9 Å². The molecule has 1 heterocycles. The SMILES string of the molecule is O=C(O)[C@H]1CCC[C@H]1C(=O)N1CCCC1C1CCCC1. The molecule has 0 aromatic rings. The van der Waals surface area contributed by atoms with Crippen LogP contribution in [0.1, 0.15) is 57.8 Å². The Morgan fingerprint density at radius 1 is 0.850 bits per heavy atom. The summed E-state index contributed by atoms with van der Waals surface area (Å²) in [6.45, 7) is 0.850. The lowest BCUT2D eigenvalue weighted by Gasteiger charge is -2.32. The van der Waals surface area contributed by atoms with Gasteiger partial charge in [0.25, 0.3) is 0 Å². The van der Waals surface area contributed by atoms with Gasteiger partial charge in [-0.15, -0.1) is 0 Å². The second kappa shape index (κ2) is 5.74. The van der Waals surface area contributed by atoms with Crippen LogP contribution in [0.2, 0.25) is 0 Å². The summed E-state index contributed by atoms with van der Waals surface area (Å²) < 4.78 is 0. The van der Waals surface area contributed by atoms with E-state index in [1.165, 1.54) is 25.7 Å². The van der Waals surface area contributed by atoms with Crippen molar-refractivity contribution in [2.45, 2.75) is 63.8 Å². The number of hydrogen-bond acceptors (Lipinski definition) is 2. The van der Waals surface area contributed by atoms with Crippen LogP contribution in [0.3, 0.4) is 0 Å². The summed E-state index contributed by atoms with van der Waals surface area (Å²) in [5.74, 6) is -0.658. The van der Waals surface area contributed by atoms with E-state index in [0.717, 1.165) is 32.2 Å². The van der Waals surface area contributed by atoms with Crippen LogP contribution in [0, 0.1) is 17.8 Å². The minimum atomic E-state index is -0.780. The lowest BCUT2D eigenvalue weighted by molar-refractivity contribution is -0.149. The largest absolute Gasteiger partial charge is 0.481 e. The molecule has 1 saturated heterocycles. The van der Waals surface area contributed by atoms with E-state index in [4.69, 9.17) is 0 Å². The van der Waals surface area contributed by atoms with E-state index in [9.17, 15) is 14.7 Å². The topological polar surface area (TPSA) is 57.6 Å². The van der Waals surface area contributed by atoms with Crippen molar-refractivity contribution < 1.29 is 14.7 Å². The quantitative estimate of drug-likeness (QED) is 0.864. The number of carboxylic acid groups (broad SMARTS) is 1. The van der Waals surface area contributed by atoms with E-state index >= 15 is 0 Å².